The van der Waals surface area contributed by atoms with Crippen LogP contribution in [0, 0.1) is 5.92 Å². The van der Waals surface area contributed by atoms with E-state index in [-0.39, 0.29) is 11.7 Å². The first-order valence-corrected chi connectivity index (χ1v) is 10.5. The lowest BCUT2D eigenvalue weighted by atomic mass is 10.00. The molecule has 1 aromatic heterocycles. The molecule has 0 aromatic carbocycles. The number of pyridine rings is 1. The van der Waals surface area contributed by atoms with Gasteiger partial charge in [-0.1, -0.05) is 45.4 Å². The lowest BCUT2D eigenvalue weighted by Gasteiger charge is -2.18. The molecule has 0 saturated carbocycles. The molecule has 2 rings (SSSR count). The first-order valence-electron chi connectivity index (χ1n) is 10.5. The number of hydrogen-bond donors (Lipinski definition) is 1. The van der Waals surface area contributed by atoms with Crippen LogP contribution >= 0.6 is 0 Å². The van der Waals surface area contributed by atoms with Gasteiger partial charge in [0, 0.05) is 24.5 Å². The fourth-order valence-corrected chi connectivity index (χ4v) is 3.33. The highest BCUT2D eigenvalue weighted by Crippen LogP contribution is 2.27. The number of unbranched alkanes of at least 4 members (excludes halogenated alkanes) is 7. The predicted molar refractivity (Wildman–Crippen MR) is 109 cm³/mol. The van der Waals surface area contributed by atoms with Crippen LogP contribution in [0.15, 0.2) is 42.1 Å². The van der Waals surface area contributed by atoms with Crippen molar-refractivity contribution in [1.29, 1.82) is 0 Å². The summed E-state index contributed by atoms with van der Waals surface area (Å²) in [6.45, 7) is 1.95. The molecule has 1 unspecified atom stereocenters. The smallest absolute Gasteiger partial charge is 0.303 e. The van der Waals surface area contributed by atoms with Crippen molar-refractivity contribution in [2.75, 3.05) is 0 Å². The number of hydrogen-bond acceptors (Lipinski definition) is 3. The number of ether oxygens (including phenoxy) is 1. The fourth-order valence-electron chi connectivity index (χ4n) is 3.33. The molecule has 1 aliphatic carbocycles. The Morgan fingerprint density at radius 2 is 1.79 bits per heavy atom. The monoisotopic (exact) mass is 389 g/mol. The molecule has 4 nitrogen and oxygen atoms in total. The summed E-state index contributed by atoms with van der Waals surface area (Å²) in [5, 5.41) is 8.59. The standard InChI is InChI=1S/C23H32FNO3/c1-18-16-19(24)12-15-22(18)28-21-14-13-20(25-17-21)10-8-6-4-2-3-5-7-9-11-23(26)27/h12-15,17-18H,2-11,16H2,1H3,(H,26,27). The molecule has 0 amide bonds. The Hall–Kier alpha value is -2.17. The first kappa shape index (κ1) is 22.1. The summed E-state index contributed by atoms with van der Waals surface area (Å²) in [4.78, 5) is 14.9. The second-order valence-corrected chi connectivity index (χ2v) is 7.60. The van der Waals surface area contributed by atoms with Gasteiger partial charge in [-0.05, 0) is 43.5 Å². The van der Waals surface area contributed by atoms with Crippen LogP contribution < -0.4 is 4.74 Å². The van der Waals surface area contributed by atoms with E-state index in [4.69, 9.17) is 9.84 Å². The third-order valence-electron chi connectivity index (χ3n) is 5.02. The Labute approximate surface area is 167 Å². The van der Waals surface area contributed by atoms with Gasteiger partial charge in [-0.15, -0.1) is 0 Å². The topological polar surface area (TPSA) is 59.4 Å². The Balaban J connectivity index is 1.56. The minimum absolute atomic E-state index is 0.0434. The zero-order valence-electron chi connectivity index (χ0n) is 16.8. The van der Waals surface area contributed by atoms with Crippen molar-refractivity contribution < 1.29 is 19.0 Å². The maximum absolute atomic E-state index is 13.2. The molecule has 1 aromatic rings. The molecule has 0 aliphatic heterocycles. The first-order chi connectivity index (χ1) is 13.5. The molecule has 1 aliphatic rings. The van der Waals surface area contributed by atoms with Gasteiger partial charge in [0.05, 0.1) is 6.20 Å². The van der Waals surface area contributed by atoms with Crippen LogP contribution in [-0.4, -0.2) is 16.1 Å². The van der Waals surface area contributed by atoms with Crippen LogP contribution in [-0.2, 0) is 11.2 Å². The van der Waals surface area contributed by atoms with Crippen molar-refractivity contribution in [3.05, 3.63) is 47.8 Å². The molecule has 5 heteroatoms. The fraction of sp³-hybridized carbons (Fsp3) is 0.565. The van der Waals surface area contributed by atoms with Crippen molar-refractivity contribution in [1.82, 2.24) is 4.98 Å². The highest BCUT2D eigenvalue weighted by atomic mass is 19.1. The maximum atomic E-state index is 13.2. The molecule has 1 N–H and O–H groups in total. The van der Waals surface area contributed by atoms with Crippen LogP contribution in [0.5, 0.6) is 5.75 Å². The number of carbonyl (C=O) groups is 1. The minimum atomic E-state index is -0.693. The zero-order valence-corrected chi connectivity index (χ0v) is 16.8. The molecule has 0 bridgehead atoms. The average molecular weight is 390 g/mol. The maximum Gasteiger partial charge on any atom is 0.303 e. The van der Waals surface area contributed by atoms with Crippen LogP contribution in [0.1, 0.15) is 76.8 Å². The number of aromatic nitrogens is 1. The van der Waals surface area contributed by atoms with Crippen molar-refractivity contribution in [3.8, 4) is 5.75 Å². The summed E-state index contributed by atoms with van der Waals surface area (Å²) in [7, 11) is 0. The SMILES string of the molecule is CC1CC(F)=CC=C1Oc1ccc(CCCCCCCCCCC(=O)O)nc1. The normalized spacial score (nSPS) is 16.4. The number of aliphatic carboxylic acids is 1. The molecule has 0 fully saturated rings. The summed E-state index contributed by atoms with van der Waals surface area (Å²) >= 11 is 0. The summed E-state index contributed by atoms with van der Waals surface area (Å²) in [5.74, 6) is 0.717. The van der Waals surface area contributed by atoms with Gasteiger partial charge in [0.25, 0.3) is 0 Å². The van der Waals surface area contributed by atoms with Crippen molar-refractivity contribution >= 4 is 5.97 Å². The summed E-state index contributed by atoms with van der Waals surface area (Å²) < 4.78 is 19.1. The van der Waals surface area contributed by atoms with Gasteiger partial charge in [0.15, 0.2) is 0 Å². The van der Waals surface area contributed by atoms with Crippen molar-refractivity contribution in [2.24, 2.45) is 5.92 Å². The zero-order chi connectivity index (χ0) is 20.2. The number of carboxylic acids is 1. The quantitative estimate of drug-likeness (QED) is 0.398. The number of carboxylic acid groups (broad SMARTS) is 1. The van der Waals surface area contributed by atoms with Gasteiger partial charge < -0.3 is 9.84 Å². The summed E-state index contributed by atoms with van der Waals surface area (Å²) in [6.07, 6.45) is 15.4. The Bertz CT molecular complexity index is 667. The van der Waals surface area contributed by atoms with E-state index in [2.05, 4.69) is 4.98 Å². The Morgan fingerprint density at radius 1 is 1.11 bits per heavy atom. The molecular formula is C23H32FNO3. The van der Waals surface area contributed by atoms with Gasteiger partial charge in [-0.25, -0.2) is 4.39 Å². The van der Waals surface area contributed by atoms with E-state index in [0.29, 0.717) is 18.6 Å². The predicted octanol–water partition coefficient (Wildman–Crippen LogP) is 6.38. The molecule has 1 heterocycles. The van der Waals surface area contributed by atoms with Gasteiger partial charge in [-0.2, -0.15) is 0 Å². The molecule has 1 atom stereocenters. The minimum Gasteiger partial charge on any atom is -0.481 e. The third kappa shape index (κ3) is 8.68. The molecule has 0 radical (unpaired) electrons. The third-order valence-corrected chi connectivity index (χ3v) is 5.02. The average Bonchev–Trinajstić information content (AvgIpc) is 2.66. The van der Waals surface area contributed by atoms with E-state index < -0.39 is 5.97 Å². The van der Waals surface area contributed by atoms with Crippen LogP contribution in [0.4, 0.5) is 4.39 Å². The number of aryl methyl sites for hydroxylation is 1. The number of allylic oxidation sites excluding steroid dienone is 4. The van der Waals surface area contributed by atoms with Crippen LogP contribution in [0.2, 0.25) is 0 Å². The number of nitrogens with zero attached hydrogens (tertiary/aromatic N) is 1. The van der Waals surface area contributed by atoms with Gasteiger partial charge >= 0.3 is 5.97 Å². The van der Waals surface area contributed by atoms with Gasteiger partial charge in [-0.3, -0.25) is 9.78 Å². The Kier molecular flexibility index (Phi) is 9.73. The number of halogens is 1. The number of rotatable bonds is 13. The second kappa shape index (κ2) is 12.3. The van der Waals surface area contributed by atoms with Crippen LogP contribution in [0.3, 0.4) is 0 Å². The summed E-state index contributed by atoms with van der Waals surface area (Å²) in [6, 6.07) is 3.93. The molecule has 0 saturated heterocycles. The second-order valence-electron chi connectivity index (χ2n) is 7.60. The van der Waals surface area contributed by atoms with Crippen molar-refractivity contribution in [3.63, 3.8) is 0 Å². The molecule has 154 valence electrons. The molecular weight excluding hydrogens is 357 g/mol. The van der Waals surface area contributed by atoms with E-state index in [0.717, 1.165) is 43.6 Å². The highest BCUT2D eigenvalue weighted by Gasteiger charge is 2.17. The van der Waals surface area contributed by atoms with E-state index in [1.807, 2.05) is 19.1 Å². The highest BCUT2D eigenvalue weighted by molar-refractivity contribution is 5.66. The van der Waals surface area contributed by atoms with E-state index in [9.17, 15) is 9.18 Å². The lowest BCUT2D eigenvalue weighted by molar-refractivity contribution is -0.137. The van der Waals surface area contributed by atoms with Gasteiger partial charge in [0.2, 0.25) is 0 Å². The summed E-state index contributed by atoms with van der Waals surface area (Å²) in [5.41, 5.74) is 1.07. The van der Waals surface area contributed by atoms with E-state index in [1.165, 1.54) is 31.8 Å². The van der Waals surface area contributed by atoms with Gasteiger partial charge in [0.1, 0.15) is 17.3 Å². The Morgan fingerprint density at radius 3 is 2.39 bits per heavy atom. The molecule has 28 heavy (non-hydrogen) atoms. The van der Waals surface area contributed by atoms with E-state index >= 15 is 0 Å². The van der Waals surface area contributed by atoms with E-state index in [1.54, 1.807) is 12.3 Å². The largest absolute Gasteiger partial charge is 0.481 e. The lowest BCUT2D eigenvalue weighted by Crippen LogP contribution is -2.09. The van der Waals surface area contributed by atoms with Crippen LogP contribution in [0.25, 0.3) is 0 Å². The molecule has 0 spiro atoms. The van der Waals surface area contributed by atoms with Crippen molar-refractivity contribution in [2.45, 2.75) is 77.6 Å².